The maximum Gasteiger partial charge on any atom is 0.258 e. The van der Waals surface area contributed by atoms with Crippen LogP contribution in [-0.4, -0.2) is 70.9 Å². The van der Waals surface area contributed by atoms with Crippen LogP contribution in [0, 0.1) is 0 Å². The van der Waals surface area contributed by atoms with E-state index in [2.05, 4.69) is 20.2 Å². The molecular formula is C21H29N5O3. The summed E-state index contributed by atoms with van der Waals surface area (Å²) in [4.78, 5) is 47.6. The van der Waals surface area contributed by atoms with Gasteiger partial charge in [-0.3, -0.25) is 19.3 Å². The summed E-state index contributed by atoms with van der Waals surface area (Å²) in [7, 11) is 0. The molecule has 0 aliphatic carbocycles. The van der Waals surface area contributed by atoms with E-state index in [1.165, 1.54) is 0 Å². The lowest BCUT2D eigenvalue weighted by molar-refractivity contribution is -0.133. The molecule has 2 N–H and O–H groups in total. The van der Waals surface area contributed by atoms with Crippen molar-refractivity contribution >= 4 is 22.7 Å². The van der Waals surface area contributed by atoms with Crippen molar-refractivity contribution in [2.75, 3.05) is 39.3 Å². The minimum atomic E-state index is -0.143. The average molecular weight is 399 g/mol. The third kappa shape index (κ3) is 5.87. The Morgan fingerprint density at radius 3 is 2.69 bits per heavy atom. The van der Waals surface area contributed by atoms with E-state index in [0.29, 0.717) is 75.3 Å². The van der Waals surface area contributed by atoms with Crippen LogP contribution >= 0.6 is 0 Å². The Balaban J connectivity index is 1.41. The van der Waals surface area contributed by atoms with Gasteiger partial charge in [-0.25, -0.2) is 4.98 Å². The smallest absolute Gasteiger partial charge is 0.258 e. The lowest BCUT2D eigenvalue weighted by Crippen LogP contribution is -2.51. The minimum absolute atomic E-state index is 0.0449. The number of aryl methyl sites for hydroxylation is 1. The first-order valence-electron chi connectivity index (χ1n) is 10.3. The Labute approximate surface area is 170 Å². The lowest BCUT2D eigenvalue weighted by Gasteiger charge is -2.34. The van der Waals surface area contributed by atoms with E-state index in [4.69, 9.17) is 0 Å². The second kappa shape index (κ2) is 10.2. The zero-order valence-electron chi connectivity index (χ0n) is 16.9. The van der Waals surface area contributed by atoms with Crippen LogP contribution in [0.4, 0.5) is 0 Å². The fourth-order valence-electron chi connectivity index (χ4n) is 3.50. The molecule has 2 amide bonds. The van der Waals surface area contributed by atoms with Crippen molar-refractivity contribution in [3.8, 4) is 0 Å². The number of para-hydroxylation sites is 1. The highest BCUT2D eigenvalue weighted by Gasteiger charge is 2.22. The molecule has 2 aromatic rings. The molecule has 0 radical (unpaired) electrons. The van der Waals surface area contributed by atoms with Crippen molar-refractivity contribution in [3.63, 3.8) is 0 Å². The zero-order chi connectivity index (χ0) is 20.6. The summed E-state index contributed by atoms with van der Waals surface area (Å²) >= 11 is 0. The number of fused-ring (bicyclic) bond motifs is 1. The van der Waals surface area contributed by atoms with Crippen LogP contribution in [0.1, 0.15) is 32.0 Å². The number of carbonyl (C=O) groups is 2. The SMILES string of the molecule is CCCNC(=O)CN1CCN(C(=O)CCCc2nc3ccccc3c(=O)[nH]2)CC1. The Morgan fingerprint density at radius 2 is 1.93 bits per heavy atom. The number of benzene rings is 1. The number of hydrogen-bond donors (Lipinski definition) is 2. The van der Waals surface area contributed by atoms with Gasteiger partial charge in [0.25, 0.3) is 5.56 Å². The van der Waals surface area contributed by atoms with Crippen molar-refractivity contribution in [2.24, 2.45) is 0 Å². The number of amides is 2. The first-order valence-corrected chi connectivity index (χ1v) is 10.3. The van der Waals surface area contributed by atoms with E-state index in [1.54, 1.807) is 6.07 Å². The summed E-state index contributed by atoms with van der Waals surface area (Å²) in [5.74, 6) is 0.774. The normalized spacial score (nSPS) is 14.9. The van der Waals surface area contributed by atoms with Gasteiger partial charge in [0.15, 0.2) is 0 Å². The van der Waals surface area contributed by atoms with Gasteiger partial charge in [0.05, 0.1) is 17.4 Å². The fraction of sp³-hybridized carbons (Fsp3) is 0.524. The number of piperazine rings is 1. The zero-order valence-corrected chi connectivity index (χ0v) is 16.9. The molecule has 1 aliphatic heterocycles. The molecule has 0 spiro atoms. The molecule has 29 heavy (non-hydrogen) atoms. The number of aromatic nitrogens is 2. The van der Waals surface area contributed by atoms with Crippen LogP contribution in [0.5, 0.6) is 0 Å². The van der Waals surface area contributed by atoms with Gasteiger partial charge in [0, 0.05) is 45.6 Å². The summed E-state index contributed by atoms with van der Waals surface area (Å²) in [5.41, 5.74) is 0.535. The standard InChI is InChI=1S/C21H29N5O3/c1-2-10-22-19(27)15-25-11-13-26(14-12-25)20(28)9-5-8-18-23-17-7-4-3-6-16(17)21(29)24-18/h3-4,6-7H,2,5,8-15H2,1H3,(H,22,27)(H,23,24,29). The quantitative estimate of drug-likeness (QED) is 0.688. The Bertz CT molecular complexity index is 903. The van der Waals surface area contributed by atoms with Crippen LogP contribution in [0.2, 0.25) is 0 Å². The highest BCUT2D eigenvalue weighted by Crippen LogP contribution is 2.09. The van der Waals surface area contributed by atoms with E-state index >= 15 is 0 Å². The minimum Gasteiger partial charge on any atom is -0.355 e. The molecule has 0 bridgehead atoms. The van der Waals surface area contributed by atoms with E-state index in [9.17, 15) is 14.4 Å². The molecule has 2 heterocycles. The Hall–Kier alpha value is -2.74. The van der Waals surface area contributed by atoms with Crippen LogP contribution < -0.4 is 10.9 Å². The molecule has 0 unspecified atom stereocenters. The van der Waals surface area contributed by atoms with Crippen LogP contribution in [-0.2, 0) is 16.0 Å². The molecule has 3 rings (SSSR count). The molecule has 1 aliphatic rings. The Kier molecular flexibility index (Phi) is 7.35. The van der Waals surface area contributed by atoms with Gasteiger partial charge in [-0.15, -0.1) is 0 Å². The molecule has 8 heteroatoms. The highest BCUT2D eigenvalue weighted by molar-refractivity contribution is 5.78. The van der Waals surface area contributed by atoms with Gasteiger partial charge in [-0.1, -0.05) is 19.1 Å². The maximum atomic E-state index is 12.5. The van der Waals surface area contributed by atoms with Crippen molar-refractivity contribution < 1.29 is 9.59 Å². The van der Waals surface area contributed by atoms with Crippen LogP contribution in [0.3, 0.4) is 0 Å². The van der Waals surface area contributed by atoms with Gasteiger partial charge < -0.3 is 15.2 Å². The first kappa shape index (κ1) is 21.0. The number of nitrogens with one attached hydrogen (secondary N) is 2. The van der Waals surface area contributed by atoms with Crippen molar-refractivity contribution in [3.05, 3.63) is 40.4 Å². The number of hydrogen-bond acceptors (Lipinski definition) is 5. The summed E-state index contributed by atoms with van der Waals surface area (Å²) < 4.78 is 0. The molecule has 1 aromatic carbocycles. The summed E-state index contributed by atoms with van der Waals surface area (Å²) in [5, 5.41) is 3.46. The molecule has 8 nitrogen and oxygen atoms in total. The third-order valence-corrected chi connectivity index (χ3v) is 5.13. The van der Waals surface area contributed by atoms with Gasteiger partial charge in [-0.2, -0.15) is 0 Å². The van der Waals surface area contributed by atoms with Crippen molar-refractivity contribution in [2.45, 2.75) is 32.6 Å². The predicted molar refractivity (Wildman–Crippen MR) is 112 cm³/mol. The number of rotatable bonds is 8. The summed E-state index contributed by atoms with van der Waals surface area (Å²) in [6.07, 6.45) is 2.55. The fourth-order valence-corrected chi connectivity index (χ4v) is 3.50. The number of carbonyl (C=O) groups excluding carboxylic acids is 2. The first-order chi connectivity index (χ1) is 14.1. The van der Waals surface area contributed by atoms with Crippen molar-refractivity contribution in [1.29, 1.82) is 0 Å². The topological polar surface area (TPSA) is 98.4 Å². The van der Waals surface area contributed by atoms with Gasteiger partial charge in [-0.05, 0) is 25.0 Å². The van der Waals surface area contributed by atoms with Gasteiger partial charge >= 0.3 is 0 Å². The Morgan fingerprint density at radius 1 is 1.17 bits per heavy atom. The van der Waals surface area contributed by atoms with Crippen LogP contribution in [0.25, 0.3) is 10.9 Å². The van der Waals surface area contributed by atoms with E-state index in [-0.39, 0.29) is 17.4 Å². The van der Waals surface area contributed by atoms with E-state index < -0.39 is 0 Å². The summed E-state index contributed by atoms with van der Waals surface area (Å²) in [6.45, 7) is 5.83. The van der Waals surface area contributed by atoms with Crippen LogP contribution in [0.15, 0.2) is 29.1 Å². The largest absolute Gasteiger partial charge is 0.355 e. The number of nitrogens with zero attached hydrogens (tertiary/aromatic N) is 3. The molecule has 1 aromatic heterocycles. The van der Waals surface area contributed by atoms with Crippen molar-refractivity contribution in [1.82, 2.24) is 25.1 Å². The van der Waals surface area contributed by atoms with Gasteiger partial charge in [0.2, 0.25) is 11.8 Å². The lowest BCUT2D eigenvalue weighted by atomic mass is 10.2. The molecule has 0 atom stereocenters. The summed E-state index contributed by atoms with van der Waals surface area (Å²) in [6, 6.07) is 7.24. The number of aromatic amines is 1. The predicted octanol–water partition coefficient (Wildman–Crippen LogP) is 0.916. The average Bonchev–Trinajstić information content (AvgIpc) is 2.73. The molecule has 156 valence electrons. The second-order valence-electron chi connectivity index (χ2n) is 7.39. The molecule has 1 saturated heterocycles. The molecule has 0 saturated carbocycles. The molecular weight excluding hydrogens is 370 g/mol. The monoisotopic (exact) mass is 399 g/mol. The maximum absolute atomic E-state index is 12.5. The third-order valence-electron chi connectivity index (χ3n) is 5.13. The molecule has 1 fully saturated rings. The second-order valence-corrected chi connectivity index (χ2v) is 7.39. The van der Waals surface area contributed by atoms with E-state index in [0.717, 1.165) is 6.42 Å². The van der Waals surface area contributed by atoms with E-state index in [1.807, 2.05) is 30.0 Å². The number of H-pyrrole nitrogens is 1. The highest BCUT2D eigenvalue weighted by atomic mass is 16.2. The van der Waals surface area contributed by atoms with Gasteiger partial charge in [0.1, 0.15) is 5.82 Å².